The van der Waals surface area contributed by atoms with E-state index in [-0.39, 0.29) is 12.1 Å². The minimum atomic E-state index is 0.0534. The molecule has 218 valence electrons. The van der Waals surface area contributed by atoms with E-state index < -0.39 is 0 Å². The number of rotatable bonds is 14. The molecule has 0 aromatic rings. The molecule has 2 nitrogen and oxygen atoms in total. The van der Waals surface area contributed by atoms with Crippen LogP contribution in [0.3, 0.4) is 0 Å². The average molecular weight is 527 g/mol. The van der Waals surface area contributed by atoms with Gasteiger partial charge < -0.3 is 4.74 Å². The third-order valence-corrected chi connectivity index (χ3v) is 12.4. The molecule has 0 aromatic heterocycles. The second-order valence-corrected chi connectivity index (χ2v) is 14.7. The Bertz CT molecular complexity index is 784. The van der Waals surface area contributed by atoms with E-state index in [0.717, 1.165) is 48.9 Å². The van der Waals surface area contributed by atoms with Crippen LogP contribution in [0.4, 0.5) is 0 Å². The number of unbranched alkanes of at least 4 members (excludes halogenated alkanes) is 8. The minimum Gasteiger partial charge on any atom is -0.462 e. The second-order valence-electron chi connectivity index (χ2n) is 14.7. The van der Waals surface area contributed by atoms with E-state index in [4.69, 9.17) is 4.74 Å². The molecular formula is C36H62O2. The van der Waals surface area contributed by atoms with Gasteiger partial charge in [0.15, 0.2) is 0 Å². The zero-order valence-corrected chi connectivity index (χ0v) is 26.0. The summed E-state index contributed by atoms with van der Waals surface area (Å²) in [4.78, 5) is 12.6. The van der Waals surface area contributed by atoms with Gasteiger partial charge in [-0.1, -0.05) is 110 Å². The predicted octanol–water partition coefficient (Wildman–Crippen LogP) is 10.8. The Labute approximate surface area is 236 Å². The lowest BCUT2D eigenvalue weighted by Gasteiger charge is -2.58. The van der Waals surface area contributed by atoms with Crippen LogP contribution in [-0.2, 0) is 9.53 Å². The Kier molecular flexibility index (Phi) is 10.9. The fourth-order valence-electron chi connectivity index (χ4n) is 10.1. The summed E-state index contributed by atoms with van der Waals surface area (Å²) in [6.07, 6.45) is 28.2. The molecule has 4 aliphatic rings. The standard InChI is InChI=1S/C36H62O2/c1-6-8-10-12-13-15-17-34(37)38-29-22-24-35(4)28(26-29)18-19-30-32-21-20-31(27(3)16-14-11-9-7-2)36(32,5)25-23-33(30)35/h18,27,29-33H,6-17,19-26H2,1-5H3. The molecule has 2 heteroatoms. The van der Waals surface area contributed by atoms with Crippen LogP contribution < -0.4 is 0 Å². The number of hydrogen-bond acceptors (Lipinski definition) is 2. The first-order valence-electron chi connectivity index (χ1n) is 17.2. The summed E-state index contributed by atoms with van der Waals surface area (Å²) >= 11 is 0. The number of ether oxygens (including phenoxy) is 1. The third kappa shape index (κ3) is 6.57. The van der Waals surface area contributed by atoms with E-state index in [0.29, 0.717) is 17.3 Å². The fraction of sp³-hybridized carbons (Fsp3) is 0.917. The molecular weight excluding hydrogens is 464 g/mol. The van der Waals surface area contributed by atoms with E-state index >= 15 is 0 Å². The van der Waals surface area contributed by atoms with Gasteiger partial charge in [-0.05, 0) is 91.8 Å². The quantitative estimate of drug-likeness (QED) is 0.128. The van der Waals surface area contributed by atoms with Gasteiger partial charge in [0, 0.05) is 12.8 Å². The molecule has 0 radical (unpaired) electrons. The summed E-state index contributed by atoms with van der Waals surface area (Å²) in [5, 5.41) is 0. The van der Waals surface area contributed by atoms with Crippen molar-refractivity contribution in [3.63, 3.8) is 0 Å². The summed E-state index contributed by atoms with van der Waals surface area (Å²) < 4.78 is 6.04. The van der Waals surface area contributed by atoms with E-state index in [1.807, 2.05) is 0 Å². The Morgan fingerprint density at radius 2 is 1.61 bits per heavy atom. The van der Waals surface area contributed by atoms with Crippen molar-refractivity contribution in [2.75, 3.05) is 0 Å². The molecule has 0 N–H and O–H groups in total. The third-order valence-electron chi connectivity index (χ3n) is 12.4. The molecule has 3 saturated carbocycles. The number of carbonyl (C=O) groups is 1. The molecule has 8 atom stereocenters. The van der Waals surface area contributed by atoms with Gasteiger partial charge >= 0.3 is 5.97 Å². The number of carbonyl (C=O) groups excluding carboxylic acids is 1. The lowest BCUT2D eigenvalue weighted by atomic mass is 9.47. The number of fused-ring (bicyclic) bond motifs is 5. The highest BCUT2D eigenvalue weighted by molar-refractivity contribution is 5.69. The maximum atomic E-state index is 12.6. The minimum absolute atomic E-state index is 0.0534. The Morgan fingerprint density at radius 3 is 2.37 bits per heavy atom. The number of esters is 1. The summed E-state index contributed by atoms with van der Waals surface area (Å²) in [6, 6.07) is 0. The highest BCUT2D eigenvalue weighted by Crippen LogP contribution is 2.67. The maximum Gasteiger partial charge on any atom is 0.306 e. The van der Waals surface area contributed by atoms with Gasteiger partial charge in [0.2, 0.25) is 0 Å². The van der Waals surface area contributed by atoms with Crippen LogP contribution in [0.5, 0.6) is 0 Å². The van der Waals surface area contributed by atoms with Gasteiger partial charge in [-0.2, -0.15) is 0 Å². The molecule has 0 aromatic carbocycles. The first-order valence-corrected chi connectivity index (χ1v) is 17.2. The first kappa shape index (κ1) is 30.2. The molecule has 38 heavy (non-hydrogen) atoms. The van der Waals surface area contributed by atoms with Crippen LogP contribution in [0.1, 0.15) is 163 Å². The topological polar surface area (TPSA) is 26.3 Å². The smallest absolute Gasteiger partial charge is 0.306 e. The molecule has 0 saturated heterocycles. The van der Waals surface area contributed by atoms with E-state index in [9.17, 15) is 4.79 Å². The van der Waals surface area contributed by atoms with Crippen molar-refractivity contribution in [3.8, 4) is 0 Å². The van der Waals surface area contributed by atoms with Crippen LogP contribution in [0.2, 0.25) is 0 Å². The van der Waals surface area contributed by atoms with Gasteiger partial charge in [-0.25, -0.2) is 0 Å². The van der Waals surface area contributed by atoms with Gasteiger partial charge in [-0.15, -0.1) is 0 Å². The lowest BCUT2D eigenvalue weighted by molar-refractivity contribution is -0.151. The lowest BCUT2D eigenvalue weighted by Crippen LogP contribution is -2.51. The summed E-state index contributed by atoms with van der Waals surface area (Å²) in [5.74, 6) is 4.54. The van der Waals surface area contributed by atoms with Crippen LogP contribution in [0.15, 0.2) is 11.6 Å². The first-order chi connectivity index (χ1) is 18.3. The van der Waals surface area contributed by atoms with Crippen LogP contribution in [0.25, 0.3) is 0 Å². The summed E-state index contributed by atoms with van der Waals surface area (Å²) in [6.45, 7) is 12.5. The summed E-state index contributed by atoms with van der Waals surface area (Å²) in [7, 11) is 0. The highest BCUT2D eigenvalue weighted by Gasteiger charge is 2.59. The molecule has 4 aliphatic carbocycles. The second kappa shape index (κ2) is 13.7. The molecule has 0 amide bonds. The fourth-order valence-corrected chi connectivity index (χ4v) is 10.1. The number of hydrogen-bond donors (Lipinski definition) is 0. The van der Waals surface area contributed by atoms with Gasteiger partial charge in [0.05, 0.1) is 0 Å². The van der Waals surface area contributed by atoms with Crippen molar-refractivity contribution < 1.29 is 9.53 Å². The molecule has 0 aliphatic heterocycles. The van der Waals surface area contributed by atoms with Gasteiger partial charge in [0.1, 0.15) is 6.10 Å². The van der Waals surface area contributed by atoms with Crippen molar-refractivity contribution in [1.82, 2.24) is 0 Å². The van der Waals surface area contributed by atoms with Crippen LogP contribution >= 0.6 is 0 Å². The monoisotopic (exact) mass is 526 g/mol. The van der Waals surface area contributed by atoms with Gasteiger partial charge in [-0.3, -0.25) is 4.79 Å². The van der Waals surface area contributed by atoms with Crippen molar-refractivity contribution in [2.45, 2.75) is 169 Å². The van der Waals surface area contributed by atoms with Crippen molar-refractivity contribution in [2.24, 2.45) is 40.4 Å². The maximum absolute atomic E-state index is 12.6. The molecule has 0 spiro atoms. The summed E-state index contributed by atoms with van der Waals surface area (Å²) in [5.41, 5.74) is 2.55. The predicted molar refractivity (Wildman–Crippen MR) is 161 cm³/mol. The molecule has 0 heterocycles. The van der Waals surface area contributed by atoms with E-state index in [1.165, 1.54) is 103 Å². The van der Waals surface area contributed by atoms with E-state index in [2.05, 4.69) is 40.7 Å². The molecule has 3 fully saturated rings. The zero-order valence-electron chi connectivity index (χ0n) is 26.0. The highest BCUT2D eigenvalue weighted by atomic mass is 16.5. The van der Waals surface area contributed by atoms with Gasteiger partial charge in [0.25, 0.3) is 0 Å². The Morgan fingerprint density at radius 1 is 0.895 bits per heavy atom. The van der Waals surface area contributed by atoms with E-state index in [1.54, 1.807) is 5.57 Å². The molecule has 4 rings (SSSR count). The van der Waals surface area contributed by atoms with Crippen LogP contribution in [-0.4, -0.2) is 12.1 Å². The largest absolute Gasteiger partial charge is 0.462 e. The molecule has 8 unspecified atom stereocenters. The van der Waals surface area contributed by atoms with Crippen molar-refractivity contribution in [3.05, 3.63) is 11.6 Å². The normalized spacial score (nSPS) is 37.1. The Hall–Kier alpha value is -0.790. The zero-order chi connectivity index (χ0) is 27.2. The Balaban J connectivity index is 1.31. The average Bonchev–Trinajstić information content (AvgIpc) is 3.26. The molecule has 0 bridgehead atoms. The van der Waals surface area contributed by atoms with Crippen molar-refractivity contribution in [1.29, 1.82) is 0 Å². The SMILES string of the molecule is CCCCCCCCC(=O)OC1CCC2(C)C(=CCC3C2CCC2(C)C(C(C)CCCCCC)CCC32)C1. The van der Waals surface area contributed by atoms with Crippen molar-refractivity contribution >= 4 is 5.97 Å². The number of allylic oxidation sites excluding steroid dienone is 1. The van der Waals surface area contributed by atoms with Crippen LogP contribution in [0, 0.1) is 40.4 Å².